The predicted molar refractivity (Wildman–Crippen MR) is 80.5 cm³/mol. The van der Waals surface area contributed by atoms with Crippen LogP contribution in [0.5, 0.6) is 0 Å². The summed E-state index contributed by atoms with van der Waals surface area (Å²) in [5.41, 5.74) is 2.54. The number of nitrogens with one attached hydrogen (secondary N) is 1. The molecule has 4 nitrogen and oxygen atoms in total. The minimum atomic E-state index is -0.112. The summed E-state index contributed by atoms with van der Waals surface area (Å²) in [6, 6.07) is 8.38. The molecule has 1 aromatic heterocycles. The molecule has 0 spiro atoms. The molecule has 0 aliphatic heterocycles. The minimum absolute atomic E-state index is 0.112. The molecule has 4 heteroatoms. The lowest BCUT2D eigenvalue weighted by Crippen LogP contribution is -2.16. The zero-order valence-corrected chi connectivity index (χ0v) is 12.2. The van der Waals surface area contributed by atoms with Crippen LogP contribution in [0.25, 0.3) is 10.9 Å². The van der Waals surface area contributed by atoms with Gasteiger partial charge in [-0.3, -0.25) is 4.79 Å². The molecule has 1 aromatic carbocycles. The molecule has 2 aromatic rings. The number of ether oxygens (including phenoxy) is 1. The van der Waals surface area contributed by atoms with Gasteiger partial charge in [-0.2, -0.15) is 0 Å². The second-order valence-corrected chi connectivity index (χ2v) is 4.87. The molecule has 0 radical (unpaired) electrons. The first-order valence-corrected chi connectivity index (χ1v) is 7.11. The van der Waals surface area contributed by atoms with Gasteiger partial charge in [0.2, 0.25) is 0 Å². The summed E-state index contributed by atoms with van der Waals surface area (Å²) < 4.78 is 7.04. The third-order valence-electron chi connectivity index (χ3n) is 3.33. The molecule has 0 aliphatic rings. The lowest BCUT2D eigenvalue weighted by Gasteiger charge is -2.04. The largest absolute Gasteiger partial charge is 0.466 e. The van der Waals surface area contributed by atoms with Gasteiger partial charge >= 0.3 is 5.97 Å². The van der Waals surface area contributed by atoms with Gasteiger partial charge in [-0.05, 0) is 31.5 Å². The average Bonchev–Trinajstić information content (AvgIpc) is 2.76. The molecule has 0 saturated heterocycles. The lowest BCUT2D eigenvalue weighted by atomic mass is 10.2. The van der Waals surface area contributed by atoms with Gasteiger partial charge in [0, 0.05) is 37.1 Å². The van der Waals surface area contributed by atoms with E-state index in [4.69, 9.17) is 4.74 Å². The van der Waals surface area contributed by atoms with Crippen LogP contribution in [-0.2, 0) is 23.1 Å². The molecule has 0 fully saturated rings. The molecular formula is C16H22N2O2. The fourth-order valence-corrected chi connectivity index (χ4v) is 2.38. The molecule has 1 heterocycles. The van der Waals surface area contributed by atoms with Gasteiger partial charge in [-0.25, -0.2) is 0 Å². The first kappa shape index (κ1) is 14.6. The maximum absolute atomic E-state index is 11.2. The van der Waals surface area contributed by atoms with Crippen LogP contribution >= 0.6 is 0 Å². The number of nitrogens with zero attached hydrogens (tertiary/aromatic N) is 1. The van der Waals surface area contributed by atoms with Crippen molar-refractivity contribution in [2.45, 2.75) is 26.3 Å². The van der Waals surface area contributed by atoms with Gasteiger partial charge < -0.3 is 14.6 Å². The number of aryl methyl sites for hydroxylation is 1. The molecule has 0 saturated carbocycles. The number of esters is 1. The molecule has 0 aliphatic carbocycles. The summed E-state index contributed by atoms with van der Waals surface area (Å²) in [6.07, 6.45) is 3.45. The molecule has 0 bridgehead atoms. The lowest BCUT2D eigenvalue weighted by molar-refractivity contribution is -0.143. The fraction of sp³-hybridized carbons (Fsp3) is 0.438. The van der Waals surface area contributed by atoms with E-state index in [-0.39, 0.29) is 5.97 Å². The third kappa shape index (κ3) is 3.61. The molecule has 0 unspecified atom stereocenters. The van der Waals surface area contributed by atoms with Crippen molar-refractivity contribution in [2.75, 3.05) is 13.2 Å². The van der Waals surface area contributed by atoms with E-state index in [1.165, 1.54) is 16.5 Å². The van der Waals surface area contributed by atoms with Gasteiger partial charge in [0.05, 0.1) is 6.61 Å². The van der Waals surface area contributed by atoms with Crippen LogP contribution in [0.15, 0.2) is 30.5 Å². The molecule has 0 amide bonds. The van der Waals surface area contributed by atoms with Crippen LogP contribution in [0.2, 0.25) is 0 Å². The zero-order chi connectivity index (χ0) is 14.4. The first-order chi connectivity index (χ1) is 9.72. The predicted octanol–water partition coefficient (Wildman–Crippen LogP) is 2.61. The summed E-state index contributed by atoms with van der Waals surface area (Å²) in [5.74, 6) is -0.112. The van der Waals surface area contributed by atoms with Crippen LogP contribution in [-0.4, -0.2) is 23.7 Å². The SMILES string of the molecule is CCOC(=O)CCCNCc1cn(C)c2ccccc12. The molecule has 20 heavy (non-hydrogen) atoms. The Kier molecular flexibility index (Phi) is 5.18. The van der Waals surface area contributed by atoms with E-state index >= 15 is 0 Å². The Hall–Kier alpha value is -1.81. The number of fused-ring (bicyclic) bond motifs is 1. The Bertz CT molecular complexity index is 575. The van der Waals surface area contributed by atoms with E-state index in [9.17, 15) is 4.79 Å². The second-order valence-electron chi connectivity index (χ2n) is 4.87. The number of aromatic nitrogens is 1. The highest BCUT2D eigenvalue weighted by molar-refractivity contribution is 5.83. The quantitative estimate of drug-likeness (QED) is 0.623. The normalized spacial score (nSPS) is 10.9. The number of para-hydroxylation sites is 1. The van der Waals surface area contributed by atoms with Crippen molar-refractivity contribution < 1.29 is 9.53 Å². The molecule has 0 atom stereocenters. The number of benzene rings is 1. The highest BCUT2D eigenvalue weighted by Crippen LogP contribution is 2.19. The summed E-state index contributed by atoms with van der Waals surface area (Å²) in [7, 11) is 2.06. The number of hydrogen-bond acceptors (Lipinski definition) is 3. The number of hydrogen-bond donors (Lipinski definition) is 1. The van der Waals surface area contributed by atoms with Gasteiger partial charge in [-0.15, -0.1) is 0 Å². The van der Waals surface area contributed by atoms with Crippen LogP contribution in [0.4, 0.5) is 0 Å². The van der Waals surface area contributed by atoms with Crippen molar-refractivity contribution in [1.82, 2.24) is 9.88 Å². The number of carbonyl (C=O) groups is 1. The van der Waals surface area contributed by atoms with Crippen molar-refractivity contribution in [3.63, 3.8) is 0 Å². The Labute approximate surface area is 119 Å². The van der Waals surface area contributed by atoms with E-state index < -0.39 is 0 Å². The summed E-state index contributed by atoms with van der Waals surface area (Å²) in [6.45, 7) is 3.94. The Morgan fingerprint density at radius 2 is 2.15 bits per heavy atom. The van der Waals surface area contributed by atoms with Crippen molar-refractivity contribution in [3.8, 4) is 0 Å². The van der Waals surface area contributed by atoms with Gasteiger partial charge in [0.1, 0.15) is 0 Å². The van der Waals surface area contributed by atoms with Gasteiger partial charge in [0.25, 0.3) is 0 Å². The van der Waals surface area contributed by atoms with Crippen LogP contribution < -0.4 is 5.32 Å². The Morgan fingerprint density at radius 1 is 1.35 bits per heavy atom. The smallest absolute Gasteiger partial charge is 0.305 e. The summed E-state index contributed by atoms with van der Waals surface area (Å²) in [5, 5.41) is 4.67. The van der Waals surface area contributed by atoms with E-state index in [2.05, 4.69) is 47.4 Å². The molecular weight excluding hydrogens is 252 g/mol. The monoisotopic (exact) mass is 274 g/mol. The van der Waals surface area contributed by atoms with Gasteiger partial charge in [0.15, 0.2) is 0 Å². The fourth-order valence-electron chi connectivity index (χ4n) is 2.38. The van der Waals surface area contributed by atoms with E-state index in [0.29, 0.717) is 13.0 Å². The summed E-state index contributed by atoms with van der Waals surface area (Å²) >= 11 is 0. The highest BCUT2D eigenvalue weighted by atomic mass is 16.5. The van der Waals surface area contributed by atoms with Crippen LogP contribution in [0.3, 0.4) is 0 Å². The van der Waals surface area contributed by atoms with Crippen LogP contribution in [0.1, 0.15) is 25.3 Å². The van der Waals surface area contributed by atoms with Crippen LogP contribution in [0, 0.1) is 0 Å². The van der Waals surface area contributed by atoms with E-state index in [0.717, 1.165) is 19.5 Å². The average molecular weight is 274 g/mol. The maximum Gasteiger partial charge on any atom is 0.305 e. The second kappa shape index (κ2) is 7.10. The Balaban J connectivity index is 1.80. The number of rotatable bonds is 7. The third-order valence-corrected chi connectivity index (χ3v) is 3.33. The molecule has 1 N–H and O–H groups in total. The topological polar surface area (TPSA) is 43.3 Å². The molecule has 108 valence electrons. The van der Waals surface area contributed by atoms with Crippen molar-refractivity contribution in [2.24, 2.45) is 7.05 Å². The van der Waals surface area contributed by atoms with E-state index in [1.807, 2.05) is 6.92 Å². The van der Waals surface area contributed by atoms with Crippen molar-refractivity contribution in [3.05, 3.63) is 36.0 Å². The van der Waals surface area contributed by atoms with E-state index in [1.54, 1.807) is 0 Å². The van der Waals surface area contributed by atoms with Gasteiger partial charge in [-0.1, -0.05) is 18.2 Å². The highest BCUT2D eigenvalue weighted by Gasteiger charge is 2.05. The van der Waals surface area contributed by atoms with Crippen molar-refractivity contribution in [1.29, 1.82) is 0 Å². The first-order valence-electron chi connectivity index (χ1n) is 7.11. The minimum Gasteiger partial charge on any atom is -0.466 e. The maximum atomic E-state index is 11.2. The zero-order valence-electron chi connectivity index (χ0n) is 12.2. The standard InChI is InChI=1S/C16H22N2O2/c1-3-20-16(19)9-6-10-17-11-13-12-18(2)15-8-5-4-7-14(13)15/h4-5,7-8,12,17H,3,6,9-11H2,1-2H3. The number of carbonyl (C=O) groups excluding carboxylic acids is 1. The Morgan fingerprint density at radius 3 is 2.95 bits per heavy atom. The molecule has 2 rings (SSSR count). The van der Waals surface area contributed by atoms with Crippen molar-refractivity contribution >= 4 is 16.9 Å². The summed E-state index contributed by atoms with van der Waals surface area (Å²) in [4.78, 5) is 11.2.